The molecule has 1 fully saturated rings. The molecule has 0 atom stereocenters. The molecule has 1 amide bonds. The summed E-state index contributed by atoms with van der Waals surface area (Å²) in [4.78, 5) is 30.0. The fraction of sp³-hybridized carbons (Fsp3) is 0.417. The van der Waals surface area contributed by atoms with Gasteiger partial charge in [-0.15, -0.1) is 0 Å². The number of β-amino-alcohol motifs (C(OH)–C–C–N with tert-alkyl or cyclic N) is 1. The second-order valence-corrected chi connectivity index (χ2v) is 8.93. The zero-order chi connectivity index (χ0) is 26.6. The molecule has 0 bridgehead atoms. The lowest BCUT2D eigenvalue weighted by Gasteiger charge is -2.34. The minimum absolute atomic E-state index is 0.0462. The summed E-state index contributed by atoms with van der Waals surface area (Å²) in [6.07, 6.45) is 1.62. The number of nitrogens with zero attached hydrogens (tertiary/aromatic N) is 8. The molecule has 1 aliphatic heterocycles. The summed E-state index contributed by atoms with van der Waals surface area (Å²) in [6.45, 7) is 5.80. The third-order valence-electron chi connectivity index (χ3n) is 6.42. The number of carbonyl (C=O) groups is 1. The lowest BCUT2D eigenvalue weighted by Crippen LogP contribution is -2.49. The van der Waals surface area contributed by atoms with Crippen LogP contribution in [-0.2, 0) is 13.1 Å². The fourth-order valence-electron chi connectivity index (χ4n) is 4.50. The molecule has 0 spiro atoms. The molecular weight excluding hydrogens is 492 g/mol. The molecule has 1 aliphatic rings. The van der Waals surface area contributed by atoms with Crippen LogP contribution in [0.3, 0.4) is 0 Å². The lowest BCUT2D eigenvalue weighted by molar-refractivity contribution is 0.0614. The van der Waals surface area contributed by atoms with Crippen molar-refractivity contribution in [2.75, 3.05) is 57.5 Å². The number of hydrogen-bond donors (Lipinski definition) is 3. The maximum atomic E-state index is 13.1. The Kier molecular flexibility index (Phi) is 7.33. The number of aromatic nitrogens is 6. The van der Waals surface area contributed by atoms with Crippen LogP contribution in [0.15, 0.2) is 28.9 Å². The summed E-state index contributed by atoms with van der Waals surface area (Å²) in [6, 6.07) is 5.43. The van der Waals surface area contributed by atoms with Crippen molar-refractivity contribution in [3.63, 3.8) is 0 Å². The van der Waals surface area contributed by atoms with Gasteiger partial charge in [0.15, 0.2) is 11.6 Å². The predicted molar refractivity (Wildman–Crippen MR) is 138 cm³/mol. The van der Waals surface area contributed by atoms with E-state index in [0.717, 1.165) is 18.7 Å². The van der Waals surface area contributed by atoms with E-state index in [2.05, 4.69) is 35.4 Å². The van der Waals surface area contributed by atoms with Crippen molar-refractivity contribution in [3.05, 3.63) is 47.2 Å². The summed E-state index contributed by atoms with van der Waals surface area (Å²) in [5.74, 6) is 2.08. The third-order valence-corrected chi connectivity index (χ3v) is 6.42. The Bertz CT molecular complexity index is 1430. The van der Waals surface area contributed by atoms with Crippen molar-refractivity contribution in [2.24, 2.45) is 0 Å². The molecule has 5 rings (SSSR count). The van der Waals surface area contributed by atoms with Gasteiger partial charge in [-0.3, -0.25) is 14.4 Å². The van der Waals surface area contributed by atoms with E-state index in [1.807, 2.05) is 11.0 Å². The summed E-state index contributed by atoms with van der Waals surface area (Å²) >= 11 is 0. The number of aryl methyl sites for hydroxylation is 1. The van der Waals surface area contributed by atoms with Crippen LogP contribution in [0.4, 0.5) is 11.8 Å². The summed E-state index contributed by atoms with van der Waals surface area (Å²) in [7, 11) is 1.58. The van der Waals surface area contributed by atoms with E-state index in [1.165, 1.54) is 0 Å². The van der Waals surface area contributed by atoms with Crippen LogP contribution in [0, 0.1) is 6.92 Å². The summed E-state index contributed by atoms with van der Waals surface area (Å²) in [5.41, 5.74) is 8.54. The van der Waals surface area contributed by atoms with Crippen LogP contribution in [0.2, 0.25) is 0 Å². The van der Waals surface area contributed by atoms with Crippen molar-refractivity contribution < 1.29 is 19.2 Å². The number of benzene rings is 1. The summed E-state index contributed by atoms with van der Waals surface area (Å²) < 4.78 is 12.4. The van der Waals surface area contributed by atoms with Crippen molar-refractivity contribution >= 4 is 28.7 Å². The quantitative estimate of drug-likeness (QED) is 0.278. The van der Waals surface area contributed by atoms with Crippen molar-refractivity contribution in [1.29, 1.82) is 0 Å². The first-order valence-corrected chi connectivity index (χ1v) is 12.3. The second kappa shape index (κ2) is 11.0. The van der Waals surface area contributed by atoms with Gasteiger partial charge in [0.1, 0.15) is 16.8 Å². The van der Waals surface area contributed by atoms with Gasteiger partial charge in [-0.1, -0.05) is 11.2 Å². The molecule has 1 saturated heterocycles. The maximum Gasteiger partial charge on any atom is 0.254 e. The van der Waals surface area contributed by atoms with Gasteiger partial charge in [0, 0.05) is 50.8 Å². The Labute approximate surface area is 218 Å². The number of nitrogens with one attached hydrogen (secondary N) is 1. The minimum Gasteiger partial charge on any atom is -0.496 e. The van der Waals surface area contributed by atoms with Gasteiger partial charge in [0.2, 0.25) is 11.8 Å². The monoisotopic (exact) mass is 522 g/mol. The highest BCUT2D eigenvalue weighted by molar-refractivity contribution is 5.95. The van der Waals surface area contributed by atoms with Crippen LogP contribution >= 0.6 is 0 Å². The van der Waals surface area contributed by atoms with Gasteiger partial charge < -0.3 is 30.3 Å². The third kappa shape index (κ3) is 5.35. The molecule has 38 heavy (non-hydrogen) atoms. The van der Waals surface area contributed by atoms with Gasteiger partial charge in [0.25, 0.3) is 5.91 Å². The zero-order valence-corrected chi connectivity index (χ0v) is 21.3. The number of piperazine rings is 1. The molecular formula is C24H30N10O4. The Morgan fingerprint density at radius 2 is 2.03 bits per heavy atom. The highest BCUT2D eigenvalue weighted by Crippen LogP contribution is 2.26. The van der Waals surface area contributed by atoms with Crippen LogP contribution < -0.4 is 15.8 Å². The number of carbonyl (C=O) groups excluding carboxylic acids is 1. The standard InChI is InChI=1S/C24H30N10O4/c1-15-28-20(31-38-15)13-26-22-21-18(29-24(25)30-22)12-27-34(21)14-17-4-3-16(11-19(17)37-2)23(36)33-7-5-32(6-8-33)9-10-35/h3-4,11-12,35H,5-10,13-14H2,1-2H3,(H3,25,26,29,30). The second-order valence-electron chi connectivity index (χ2n) is 8.93. The molecule has 4 aromatic rings. The zero-order valence-electron chi connectivity index (χ0n) is 21.3. The number of anilines is 2. The molecule has 0 radical (unpaired) electrons. The smallest absolute Gasteiger partial charge is 0.254 e. The first-order chi connectivity index (χ1) is 18.4. The van der Waals surface area contributed by atoms with Crippen molar-refractivity contribution in [2.45, 2.75) is 20.0 Å². The Balaban J connectivity index is 1.36. The SMILES string of the molecule is COc1cc(C(=O)N2CCN(CCO)CC2)ccc1Cn1ncc2nc(N)nc(NCc3noc(C)n3)c21. The van der Waals surface area contributed by atoms with Gasteiger partial charge in [-0.25, -0.2) is 4.98 Å². The molecule has 3 aromatic heterocycles. The van der Waals surface area contributed by atoms with E-state index in [9.17, 15) is 4.79 Å². The number of nitrogens with two attached hydrogens (primary N) is 1. The van der Waals surface area contributed by atoms with Gasteiger partial charge >= 0.3 is 0 Å². The highest BCUT2D eigenvalue weighted by Gasteiger charge is 2.23. The van der Waals surface area contributed by atoms with Crippen molar-refractivity contribution in [3.8, 4) is 5.75 Å². The molecule has 4 N–H and O–H groups in total. The van der Waals surface area contributed by atoms with E-state index in [4.69, 9.17) is 20.1 Å². The van der Waals surface area contributed by atoms with Gasteiger partial charge in [0.05, 0.1) is 33.0 Å². The van der Waals surface area contributed by atoms with Crippen LogP contribution in [0.1, 0.15) is 27.6 Å². The van der Waals surface area contributed by atoms with E-state index in [-0.39, 0.29) is 25.0 Å². The molecule has 1 aromatic carbocycles. The fourth-order valence-corrected chi connectivity index (χ4v) is 4.50. The Morgan fingerprint density at radius 3 is 2.74 bits per heavy atom. The van der Waals surface area contributed by atoms with Gasteiger partial charge in [-0.2, -0.15) is 15.1 Å². The maximum absolute atomic E-state index is 13.1. The van der Waals surface area contributed by atoms with Crippen LogP contribution in [-0.4, -0.2) is 97.1 Å². The highest BCUT2D eigenvalue weighted by atomic mass is 16.5. The molecule has 4 heterocycles. The molecule has 0 unspecified atom stereocenters. The first-order valence-electron chi connectivity index (χ1n) is 12.3. The molecule has 0 saturated carbocycles. The van der Waals surface area contributed by atoms with Crippen molar-refractivity contribution in [1.82, 2.24) is 39.7 Å². The predicted octanol–water partition coefficient (Wildman–Crippen LogP) is 0.519. The van der Waals surface area contributed by atoms with Gasteiger partial charge in [-0.05, 0) is 12.1 Å². The average molecular weight is 523 g/mol. The van der Waals surface area contributed by atoms with Crippen LogP contribution in [0.5, 0.6) is 5.75 Å². The molecule has 14 nitrogen and oxygen atoms in total. The number of aliphatic hydroxyl groups excluding tert-OH is 1. The topological polar surface area (TPSA) is 174 Å². The average Bonchev–Trinajstić information content (AvgIpc) is 3.53. The number of nitrogen functional groups attached to an aromatic ring is 1. The largest absolute Gasteiger partial charge is 0.496 e. The Hall–Kier alpha value is -4.30. The number of aliphatic hydroxyl groups is 1. The normalized spacial score (nSPS) is 14.2. The molecule has 200 valence electrons. The number of ether oxygens (including phenoxy) is 1. The first kappa shape index (κ1) is 25.4. The lowest BCUT2D eigenvalue weighted by atomic mass is 10.1. The van der Waals surface area contributed by atoms with E-state index < -0.39 is 0 Å². The molecule has 14 heteroatoms. The number of amides is 1. The number of methoxy groups -OCH3 is 1. The van der Waals surface area contributed by atoms with E-state index >= 15 is 0 Å². The van der Waals surface area contributed by atoms with E-state index in [1.54, 1.807) is 37.0 Å². The van der Waals surface area contributed by atoms with E-state index in [0.29, 0.717) is 66.1 Å². The number of fused-ring (bicyclic) bond motifs is 1. The Morgan fingerprint density at radius 1 is 1.21 bits per heavy atom. The number of hydrogen-bond acceptors (Lipinski definition) is 12. The molecule has 0 aliphatic carbocycles. The summed E-state index contributed by atoms with van der Waals surface area (Å²) in [5, 5.41) is 20.7. The minimum atomic E-state index is -0.0462. The number of rotatable bonds is 9. The van der Waals surface area contributed by atoms with Crippen LogP contribution in [0.25, 0.3) is 11.0 Å².